The molecule has 2 aliphatic heterocycles. The Morgan fingerprint density at radius 3 is 2.00 bits per heavy atom. The fraction of sp³-hybridized carbons (Fsp3) is 0.846. The second-order valence-corrected chi connectivity index (χ2v) is 6.00. The van der Waals surface area contributed by atoms with Gasteiger partial charge in [-0.3, -0.25) is 9.59 Å². The van der Waals surface area contributed by atoms with Crippen LogP contribution in [0.4, 0.5) is 22.0 Å². The predicted octanol–water partition coefficient (Wildman–Crippen LogP) is 0.982. The topological polar surface area (TPSA) is 66.6 Å². The number of alkyl halides is 5. The lowest BCUT2D eigenvalue weighted by Crippen LogP contribution is -2.57. The fourth-order valence-electron chi connectivity index (χ4n) is 2.88. The first-order chi connectivity index (χ1) is 10.5. The first kappa shape index (κ1) is 17.9. The third-order valence-electron chi connectivity index (χ3n) is 4.33. The zero-order valence-corrected chi connectivity index (χ0v) is 12.3. The second kappa shape index (κ2) is 6.21. The molecule has 2 saturated heterocycles. The summed E-state index contributed by atoms with van der Waals surface area (Å²) in [6.45, 7) is -1.10. The Kier molecular flexibility index (Phi) is 4.84. The molecule has 2 rings (SSSR count). The maximum absolute atomic E-state index is 13.0. The van der Waals surface area contributed by atoms with E-state index >= 15 is 0 Å². The van der Waals surface area contributed by atoms with E-state index in [0.29, 0.717) is 0 Å². The number of nitrogens with zero attached hydrogens (tertiary/aromatic N) is 2. The van der Waals surface area contributed by atoms with Gasteiger partial charge in [-0.05, 0) is 6.42 Å². The van der Waals surface area contributed by atoms with Crippen molar-refractivity contribution < 1.29 is 31.5 Å². The Morgan fingerprint density at radius 1 is 1.00 bits per heavy atom. The summed E-state index contributed by atoms with van der Waals surface area (Å²) >= 11 is 0. The smallest absolute Gasteiger partial charge is 0.334 e. The van der Waals surface area contributed by atoms with E-state index in [1.54, 1.807) is 0 Å². The van der Waals surface area contributed by atoms with E-state index in [1.807, 2.05) is 0 Å². The molecule has 5 nitrogen and oxygen atoms in total. The van der Waals surface area contributed by atoms with Crippen LogP contribution in [-0.2, 0) is 9.59 Å². The summed E-state index contributed by atoms with van der Waals surface area (Å²) in [6.07, 6.45) is -5.87. The van der Waals surface area contributed by atoms with Crippen molar-refractivity contribution in [2.24, 2.45) is 11.7 Å². The van der Waals surface area contributed by atoms with Gasteiger partial charge in [0.05, 0.1) is 5.92 Å². The summed E-state index contributed by atoms with van der Waals surface area (Å²) in [7, 11) is 0. The summed E-state index contributed by atoms with van der Waals surface area (Å²) in [6, 6.07) is -1.30. The zero-order valence-electron chi connectivity index (χ0n) is 12.3. The number of likely N-dealkylation sites (tertiary alicyclic amines) is 2. The molecule has 0 aliphatic carbocycles. The van der Waals surface area contributed by atoms with Crippen molar-refractivity contribution in [1.29, 1.82) is 0 Å². The normalized spacial score (nSPS) is 28.6. The molecule has 2 atom stereocenters. The van der Waals surface area contributed by atoms with E-state index in [9.17, 15) is 31.5 Å². The largest absolute Gasteiger partial charge is 0.393 e. The van der Waals surface area contributed by atoms with Gasteiger partial charge in [0.2, 0.25) is 0 Å². The summed E-state index contributed by atoms with van der Waals surface area (Å²) in [5.74, 6) is -6.51. The molecule has 2 heterocycles. The molecule has 0 aromatic rings. The van der Waals surface area contributed by atoms with Crippen molar-refractivity contribution in [2.45, 2.75) is 37.4 Å². The van der Waals surface area contributed by atoms with Crippen LogP contribution in [0.25, 0.3) is 0 Å². The van der Waals surface area contributed by atoms with Gasteiger partial charge < -0.3 is 15.5 Å². The SMILES string of the molecule is NC1CN(C(=O)C(=O)N2CCC(F)(F)CC2)CCC1C(F)(F)F. The van der Waals surface area contributed by atoms with E-state index in [1.165, 1.54) is 0 Å². The molecule has 0 bridgehead atoms. The second-order valence-electron chi connectivity index (χ2n) is 6.00. The molecule has 2 N–H and O–H groups in total. The highest BCUT2D eigenvalue weighted by molar-refractivity contribution is 6.34. The van der Waals surface area contributed by atoms with Crippen molar-refractivity contribution in [3.05, 3.63) is 0 Å². The Morgan fingerprint density at radius 2 is 1.52 bits per heavy atom. The fourth-order valence-corrected chi connectivity index (χ4v) is 2.88. The highest BCUT2D eigenvalue weighted by Gasteiger charge is 2.47. The maximum Gasteiger partial charge on any atom is 0.393 e. The minimum Gasteiger partial charge on any atom is -0.334 e. The molecule has 132 valence electrons. The molecule has 2 unspecified atom stereocenters. The third kappa shape index (κ3) is 4.10. The van der Waals surface area contributed by atoms with Crippen LogP contribution in [0.1, 0.15) is 19.3 Å². The summed E-state index contributed by atoms with van der Waals surface area (Å²) in [5, 5.41) is 0. The van der Waals surface area contributed by atoms with Crippen LogP contribution in [0.5, 0.6) is 0 Å². The number of nitrogens with two attached hydrogens (primary N) is 1. The van der Waals surface area contributed by atoms with Crippen molar-refractivity contribution in [3.63, 3.8) is 0 Å². The van der Waals surface area contributed by atoms with Gasteiger partial charge in [0, 0.05) is 45.1 Å². The highest BCUT2D eigenvalue weighted by Crippen LogP contribution is 2.34. The predicted molar refractivity (Wildman–Crippen MR) is 69.5 cm³/mol. The standard InChI is InChI=1S/C13H18F5N3O2/c14-12(15)2-5-20(6-3-12)10(22)11(23)21-4-1-8(9(19)7-21)13(16,17)18/h8-9H,1-7,19H2. The average molecular weight is 343 g/mol. The zero-order chi connectivity index (χ0) is 17.4. The third-order valence-corrected chi connectivity index (χ3v) is 4.33. The highest BCUT2D eigenvalue weighted by atomic mass is 19.4. The van der Waals surface area contributed by atoms with Gasteiger partial charge in [-0.2, -0.15) is 13.2 Å². The van der Waals surface area contributed by atoms with Crippen LogP contribution in [0.3, 0.4) is 0 Å². The van der Waals surface area contributed by atoms with Crippen molar-refractivity contribution in [2.75, 3.05) is 26.2 Å². The molecule has 0 aromatic heterocycles. The molecule has 2 aliphatic rings. The van der Waals surface area contributed by atoms with Gasteiger partial charge >= 0.3 is 18.0 Å². The number of rotatable bonds is 0. The monoisotopic (exact) mass is 343 g/mol. The molecule has 0 saturated carbocycles. The van der Waals surface area contributed by atoms with Crippen LogP contribution in [0.15, 0.2) is 0 Å². The number of carbonyl (C=O) groups is 2. The van der Waals surface area contributed by atoms with Gasteiger partial charge in [-0.25, -0.2) is 8.78 Å². The van der Waals surface area contributed by atoms with E-state index in [2.05, 4.69) is 0 Å². The van der Waals surface area contributed by atoms with Crippen molar-refractivity contribution in [1.82, 2.24) is 9.80 Å². The number of halogens is 5. The van der Waals surface area contributed by atoms with Gasteiger partial charge in [-0.15, -0.1) is 0 Å². The maximum atomic E-state index is 13.0. The molecular weight excluding hydrogens is 325 g/mol. The van der Waals surface area contributed by atoms with E-state index < -0.39 is 48.7 Å². The van der Waals surface area contributed by atoms with Crippen molar-refractivity contribution >= 4 is 11.8 Å². The van der Waals surface area contributed by atoms with E-state index in [0.717, 1.165) is 9.80 Å². The van der Waals surface area contributed by atoms with Crippen LogP contribution in [0, 0.1) is 5.92 Å². The van der Waals surface area contributed by atoms with Crippen LogP contribution < -0.4 is 5.73 Å². The molecule has 23 heavy (non-hydrogen) atoms. The molecule has 0 aromatic carbocycles. The molecule has 0 radical (unpaired) electrons. The number of amides is 2. The van der Waals surface area contributed by atoms with Gasteiger partial charge in [0.15, 0.2) is 0 Å². The van der Waals surface area contributed by atoms with Crippen molar-refractivity contribution in [3.8, 4) is 0 Å². The molecule has 2 fully saturated rings. The van der Waals surface area contributed by atoms with Crippen LogP contribution in [-0.4, -0.2) is 65.9 Å². The Balaban J connectivity index is 1.93. The molecular formula is C13H18F5N3O2. The van der Waals surface area contributed by atoms with Gasteiger partial charge in [-0.1, -0.05) is 0 Å². The summed E-state index contributed by atoms with van der Waals surface area (Å²) in [4.78, 5) is 26.1. The van der Waals surface area contributed by atoms with Gasteiger partial charge in [0.1, 0.15) is 0 Å². The quantitative estimate of drug-likeness (QED) is 0.527. The lowest BCUT2D eigenvalue weighted by Gasteiger charge is -2.38. The number of piperidine rings is 2. The molecule has 0 spiro atoms. The molecule has 10 heteroatoms. The number of hydrogen-bond acceptors (Lipinski definition) is 3. The number of hydrogen-bond donors (Lipinski definition) is 1. The average Bonchev–Trinajstić information content (AvgIpc) is 2.44. The molecule has 2 amide bonds. The van der Waals surface area contributed by atoms with E-state index in [-0.39, 0.29) is 32.6 Å². The Labute approximate surface area is 129 Å². The summed E-state index contributed by atoms with van der Waals surface area (Å²) < 4.78 is 64.2. The van der Waals surface area contributed by atoms with Crippen LogP contribution >= 0.6 is 0 Å². The number of carbonyl (C=O) groups excluding carboxylic acids is 2. The van der Waals surface area contributed by atoms with E-state index in [4.69, 9.17) is 5.73 Å². The lowest BCUT2D eigenvalue weighted by atomic mass is 9.91. The minimum absolute atomic E-state index is 0.230. The first-order valence-corrected chi connectivity index (χ1v) is 7.29. The minimum atomic E-state index is -4.45. The first-order valence-electron chi connectivity index (χ1n) is 7.29. The van der Waals surface area contributed by atoms with Gasteiger partial charge in [0.25, 0.3) is 5.92 Å². The summed E-state index contributed by atoms with van der Waals surface area (Å²) in [5.41, 5.74) is 5.47. The van der Waals surface area contributed by atoms with Crippen LogP contribution in [0.2, 0.25) is 0 Å². The Bertz CT molecular complexity index is 473. The lowest BCUT2D eigenvalue weighted by molar-refractivity contribution is -0.191. The Hall–Kier alpha value is -1.45.